The summed E-state index contributed by atoms with van der Waals surface area (Å²) in [6, 6.07) is 15.5. The van der Waals surface area contributed by atoms with Gasteiger partial charge in [0.05, 0.1) is 30.3 Å². The Bertz CT molecular complexity index is 1220. The van der Waals surface area contributed by atoms with E-state index >= 15 is 0 Å². The Morgan fingerprint density at radius 1 is 1.11 bits per heavy atom. The number of thiophene rings is 1. The summed E-state index contributed by atoms with van der Waals surface area (Å²) < 4.78 is 45.9. The number of nitrogens with one attached hydrogen (secondary N) is 1. The molecule has 36 heavy (non-hydrogen) atoms. The molecule has 0 radical (unpaired) electrons. The van der Waals surface area contributed by atoms with E-state index in [1.54, 1.807) is 24.5 Å². The van der Waals surface area contributed by atoms with Crippen LogP contribution >= 0.6 is 11.3 Å². The number of nitrogens with zero attached hydrogens (tertiary/aromatic N) is 2. The molecular weight excluding hydrogens is 487 g/mol. The van der Waals surface area contributed by atoms with E-state index in [2.05, 4.69) is 15.1 Å². The number of carbonyl (C=O) groups excluding carboxylic acids is 1. The molecule has 5 nitrogen and oxygen atoms in total. The van der Waals surface area contributed by atoms with Gasteiger partial charge in [-0.2, -0.15) is 13.2 Å². The monoisotopic (exact) mass is 515 g/mol. The van der Waals surface area contributed by atoms with Gasteiger partial charge in [-0.05, 0) is 60.2 Å². The number of carbonyl (C=O) groups is 1. The summed E-state index contributed by atoms with van der Waals surface area (Å²) in [5.41, 5.74) is 1.64. The lowest BCUT2D eigenvalue weighted by Crippen LogP contribution is -2.61. The van der Waals surface area contributed by atoms with Crippen LogP contribution in [0.5, 0.6) is 5.75 Å². The highest BCUT2D eigenvalue weighted by atomic mass is 32.1. The summed E-state index contributed by atoms with van der Waals surface area (Å²) in [6.07, 6.45) is -3.43. The van der Waals surface area contributed by atoms with Crippen molar-refractivity contribution in [3.05, 3.63) is 76.0 Å². The fourth-order valence-corrected chi connectivity index (χ4v) is 6.01. The van der Waals surface area contributed by atoms with Crippen LogP contribution < -0.4 is 19.9 Å². The first-order chi connectivity index (χ1) is 17.3. The lowest BCUT2D eigenvalue weighted by molar-refractivity contribution is -0.137. The normalized spacial score (nSPS) is 19.4. The fourth-order valence-electron chi connectivity index (χ4n) is 5.30. The summed E-state index contributed by atoms with van der Waals surface area (Å²) in [4.78, 5) is 18.9. The Morgan fingerprint density at radius 2 is 1.94 bits per heavy atom. The van der Waals surface area contributed by atoms with Crippen LogP contribution in [-0.4, -0.2) is 45.2 Å². The average molecular weight is 516 g/mol. The van der Waals surface area contributed by atoms with Gasteiger partial charge in [-0.15, -0.1) is 11.3 Å². The quantitative estimate of drug-likeness (QED) is 0.502. The second-order valence-electron chi connectivity index (χ2n) is 9.15. The van der Waals surface area contributed by atoms with E-state index in [1.165, 1.54) is 10.9 Å². The molecule has 2 aliphatic rings. The van der Waals surface area contributed by atoms with Gasteiger partial charge < -0.3 is 19.9 Å². The fraction of sp³-hybridized carbons (Fsp3) is 0.370. The molecule has 5 rings (SSSR count). The van der Waals surface area contributed by atoms with Crippen LogP contribution in [0.1, 0.15) is 16.0 Å². The first-order valence-electron chi connectivity index (χ1n) is 12.0. The second-order valence-corrected chi connectivity index (χ2v) is 10.2. The van der Waals surface area contributed by atoms with Crippen LogP contribution in [-0.2, 0) is 23.8 Å². The van der Waals surface area contributed by atoms with Crippen molar-refractivity contribution in [3.63, 3.8) is 0 Å². The SMILES string of the molecule is COc1ccccc1N1CCN2c3ccc(C(F)(F)F)cc3C[C@@H](C(=O)NCCc3cccs3)[C@@H]2C1. The maximum Gasteiger partial charge on any atom is 0.416 e. The van der Waals surface area contributed by atoms with Crippen molar-refractivity contribution in [3.8, 4) is 5.75 Å². The van der Waals surface area contributed by atoms with Gasteiger partial charge in [0.15, 0.2) is 0 Å². The predicted molar refractivity (Wildman–Crippen MR) is 136 cm³/mol. The summed E-state index contributed by atoms with van der Waals surface area (Å²) >= 11 is 1.64. The molecule has 0 aliphatic carbocycles. The van der Waals surface area contributed by atoms with E-state index in [4.69, 9.17) is 4.74 Å². The van der Waals surface area contributed by atoms with Crippen LogP contribution in [0.4, 0.5) is 24.5 Å². The number of para-hydroxylation sites is 2. The summed E-state index contributed by atoms with van der Waals surface area (Å²) in [6.45, 7) is 2.34. The van der Waals surface area contributed by atoms with Gasteiger partial charge in [0.1, 0.15) is 5.75 Å². The molecule has 9 heteroatoms. The number of anilines is 2. The number of methoxy groups -OCH3 is 1. The van der Waals surface area contributed by atoms with E-state index < -0.39 is 17.7 Å². The highest BCUT2D eigenvalue weighted by Gasteiger charge is 2.43. The Balaban J connectivity index is 1.42. The maximum absolute atomic E-state index is 13.4. The van der Waals surface area contributed by atoms with Crippen molar-refractivity contribution in [1.29, 1.82) is 0 Å². The molecule has 0 saturated carbocycles. The number of rotatable bonds is 6. The first-order valence-corrected chi connectivity index (χ1v) is 12.9. The number of halogens is 3. The van der Waals surface area contributed by atoms with Crippen molar-refractivity contribution in [2.75, 3.05) is 43.1 Å². The van der Waals surface area contributed by atoms with E-state index in [0.717, 1.165) is 29.6 Å². The molecule has 1 N–H and O–H groups in total. The van der Waals surface area contributed by atoms with Gasteiger partial charge in [0.2, 0.25) is 5.91 Å². The van der Waals surface area contributed by atoms with E-state index in [1.807, 2.05) is 41.8 Å². The third-order valence-corrected chi connectivity index (χ3v) is 7.99. The van der Waals surface area contributed by atoms with Crippen LogP contribution in [0.2, 0.25) is 0 Å². The highest BCUT2D eigenvalue weighted by molar-refractivity contribution is 7.09. The molecule has 3 aromatic rings. The number of hydrogen-bond donors (Lipinski definition) is 1. The second kappa shape index (κ2) is 10.0. The number of amides is 1. The van der Waals surface area contributed by atoms with Crippen molar-refractivity contribution < 1.29 is 22.7 Å². The standard InChI is InChI=1S/C27H28F3N3O2S/c1-35-25-7-3-2-6-23(25)32-12-13-33-22-9-8-19(27(28,29)30)15-18(22)16-21(24(33)17-32)26(34)31-11-10-20-5-4-14-36-20/h2-9,14-15,21,24H,10-13,16-17H2,1H3,(H,31,34)/t21-,24+/m1/s1. The summed E-state index contributed by atoms with van der Waals surface area (Å²) in [7, 11) is 1.63. The zero-order valence-corrected chi connectivity index (χ0v) is 20.7. The van der Waals surface area contributed by atoms with Crippen LogP contribution in [0.3, 0.4) is 0 Å². The number of alkyl halides is 3. The molecule has 2 aromatic carbocycles. The van der Waals surface area contributed by atoms with Crippen molar-refractivity contribution in [2.24, 2.45) is 5.92 Å². The maximum atomic E-state index is 13.4. The number of benzene rings is 2. The van der Waals surface area contributed by atoms with E-state index in [0.29, 0.717) is 31.7 Å². The largest absolute Gasteiger partial charge is 0.495 e. The molecule has 0 spiro atoms. The third kappa shape index (κ3) is 4.89. The molecule has 1 fully saturated rings. The van der Waals surface area contributed by atoms with Gasteiger partial charge in [0.25, 0.3) is 0 Å². The molecule has 190 valence electrons. The van der Waals surface area contributed by atoms with Crippen molar-refractivity contribution in [2.45, 2.75) is 25.1 Å². The topological polar surface area (TPSA) is 44.8 Å². The number of fused-ring (bicyclic) bond motifs is 3. The highest BCUT2D eigenvalue weighted by Crippen LogP contribution is 2.41. The molecule has 2 aliphatic heterocycles. The first kappa shape index (κ1) is 24.5. The van der Waals surface area contributed by atoms with Gasteiger partial charge in [-0.25, -0.2) is 0 Å². The van der Waals surface area contributed by atoms with Gasteiger partial charge >= 0.3 is 6.18 Å². The lowest BCUT2D eigenvalue weighted by Gasteiger charge is -2.49. The van der Waals surface area contributed by atoms with Gasteiger partial charge in [-0.3, -0.25) is 4.79 Å². The van der Waals surface area contributed by atoms with Gasteiger partial charge in [-0.1, -0.05) is 18.2 Å². The predicted octanol–water partition coefficient (Wildman–Crippen LogP) is 5.00. The zero-order chi connectivity index (χ0) is 25.3. The molecule has 1 aromatic heterocycles. The third-order valence-electron chi connectivity index (χ3n) is 7.05. The molecule has 1 amide bonds. The molecule has 1 saturated heterocycles. The minimum absolute atomic E-state index is 0.119. The summed E-state index contributed by atoms with van der Waals surface area (Å²) in [5.74, 6) is 0.169. The van der Waals surface area contributed by atoms with Crippen LogP contribution in [0, 0.1) is 5.92 Å². The molecule has 3 heterocycles. The van der Waals surface area contributed by atoms with E-state index in [9.17, 15) is 18.0 Å². The van der Waals surface area contributed by atoms with E-state index in [-0.39, 0.29) is 18.4 Å². The number of ether oxygens (including phenoxy) is 1. The van der Waals surface area contributed by atoms with Gasteiger partial charge in [0, 0.05) is 36.7 Å². The van der Waals surface area contributed by atoms with Crippen molar-refractivity contribution in [1.82, 2.24) is 5.32 Å². The average Bonchev–Trinajstić information content (AvgIpc) is 3.40. The molecule has 0 unspecified atom stereocenters. The molecule has 2 atom stereocenters. The van der Waals surface area contributed by atoms with Crippen molar-refractivity contribution >= 4 is 28.6 Å². The number of piperazine rings is 1. The number of hydrogen-bond acceptors (Lipinski definition) is 5. The Kier molecular flexibility index (Phi) is 6.83. The zero-order valence-electron chi connectivity index (χ0n) is 19.9. The Morgan fingerprint density at radius 3 is 2.69 bits per heavy atom. The smallest absolute Gasteiger partial charge is 0.416 e. The Labute approximate surface area is 212 Å². The minimum atomic E-state index is -4.42. The molecular formula is C27H28F3N3O2S. The van der Waals surface area contributed by atoms with Crippen LogP contribution in [0.15, 0.2) is 60.0 Å². The summed E-state index contributed by atoms with van der Waals surface area (Å²) in [5, 5.41) is 5.05. The Hall–Kier alpha value is -3.20. The lowest BCUT2D eigenvalue weighted by atomic mass is 9.82. The minimum Gasteiger partial charge on any atom is -0.495 e. The van der Waals surface area contributed by atoms with Crippen LogP contribution in [0.25, 0.3) is 0 Å². The molecule has 0 bridgehead atoms.